The highest BCUT2D eigenvalue weighted by atomic mass is 19.1. The first-order chi connectivity index (χ1) is 15.8. The summed E-state index contributed by atoms with van der Waals surface area (Å²) in [5.74, 6) is -3.09. The second-order valence-electron chi connectivity index (χ2n) is 8.05. The fourth-order valence-electron chi connectivity index (χ4n) is 3.89. The summed E-state index contributed by atoms with van der Waals surface area (Å²) in [6.07, 6.45) is 0.980. The number of nitrogens with zero attached hydrogens (tertiary/aromatic N) is 1. The van der Waals surface area contributed by atoms with Gasteiger partial charge in [0.25, 0.3) is 5.91 Å². The number of rotatable bonds is 7. The van der Waals surface area contributed by atoms with Crippen LogP contribution in [0, 0.1) is 17.6 Å². The number of hydrogen-bond donors (Lipinski definition) is 2. The number of alkyl carbamates (subject to hydrolysis) is 1. The summed E-state index contributed by atoms with van der Waals surface area (Å²) in [5, 5.41) is 10.8. The van der Waals surface area contributed by atoms with Crippen molar-refractivity contribution in [2.75, 3.05) is 13.1 Å². The third kappa shape index (κ3) is 5.19. The zero-order valence-electron chi connectivity index (χ0n) is 17.5. The van der Waals surface area contributed by atoms with Gasteiger partial charge in [0.05, 0.1) is 6.04 Å². The largest absolute Gasteiger partial charge is 0.480 e. The number of hydrogen-bond acceptors (Lipinski definition) is 4. The van der Waals surface area contributed by atoms with Gasteiger partial charge in [0.1, 0.15) is 18.2 Å². The van der Waals surface area contributed by atoms with Gasteiger partial charge in [-0.3, -0.25) is 9.59 Å². The molecule has 1 saturated carbocycles. The van der Waals surface area contributed by atoms with E-state index in [0.29, 0.717) is 18.4 Å². The third-order valence-corrected chi connectivity index (χ3v) is 5.65. The van der Waals surface area contributed by atoms with Gasteiger partial charge in [0, 0.05) is 18.0 Å². The molecule has 2 aliphatic rings. The Labute approximate surface area is 188 Å². The second kappa shape index (κ2) is 9.40. The number of carbonyl (C=O) groups excluding carboxylic acids is 2. The van der Waals surface area contributed by atoms with Gasteiger partial charge in [-0.25, -0.2) is 13.6 Å². The number of benzene rings is 2. The minimum atomic E-state index is -1.24. The van der Waals surface area contributed by atoms with Crippen molar-refractivity contribution in [1.29, 1.82) is 0 Å². The van der Waals surface area contributed by atoms with Crippen LogP contribution in [0.2, 0.25) is 0 Å². The molecule has 4 rings (SSSR count). The molecule has 33 heavy (non-hydrogen) atoms. The number of nitrogens with one attached hydrogen (secondary N) is 1. The van der Waals surface area contributed by atoms with Crippen LogP contribution < -0.4 is 5.32 Å². The van der Waals surface area contributed by atoms with Gasteiger partial charge in [0.15, 0.2) is 6.10 Å². The molecule has 7 nitrogen and oxygen atoms in total. The summed E-state index contributed by atoms with van der Waals surface area (Å²) in [6.45, 7) is -0.632. The van der Waals surface area contributed by atoms with Crippen molar-refractivity contribution in [3.05, 3.63) is 77.4 Å². The highest BCUT2D eigenvalue weighted by molar-refractivity contribution is 5.88. The van der Waals surface area contributed by atoms with E-state index in [1.807, 2.05) is 18.2 Å². The lowest BCUT2D eigenvalue weighted by Gasteiger charge is -2.29. The molecule has 2 aromatic carbocycles. The number of ether oxygens (including phenoxy) is 1. The highest BCUT2D eigenvalue weighted by Gasteiger charge is 2.44. The Morgan fingerprint density at radius 1 is 1.12 bits per heavy atom. The number of amides is 2. The van der Waals surface area contributed by atoms with E-state index in [-0.39, 0.29) is 18.0 Å². The average Bonchev–Trinajstić information content (AvgIpc) is 3.55. The second-order valence-corrected chi connectivity index (χ2v) is 8.05. The highest BCUT2D eigenvalue weighted by Crippen LogP contribution is 2.40. The maximum absolute atomic E-state index is 14.5. The number of halogens is 2. The van der Waals surface area contributed by atoms with Crippen molar-refractivity contribution in [1.82, 2.24) is 10.2 Å². The van der Waals surface area contributed by atoms with Gasteiger partial charge in [-0.15, -0.1) is 0 Å². The van der Waals surface area contributed by atoms with E-state index in [2.05, 4.69) is 5.32 Å². The van der Waals surface area contributed by atoms with Crippen LogP contribution in [0.5, 0.6) is 0 Å². The molecule has 0 unspecified atom stereocenters. The molecule has 0 radical (unpaired) electrons. The summed E-state index contributed by atoms with van der Waals surface area (Å²) in [6, 6.07) is 11.7. The Kier molecular flexibility index (Phi) is 6.39. The molecule has 2 N–H and O–H groups in total. The van der Waals surface area contributed by atoms with Gasteiger partial charge in [-0.05, 0) is 42.2 Å². The molecule has 0 aromatic heterocycles. The number of carboxylic acids is 1. The van der Waals surface area contributed by atoms with Crippen LogP contribution in [0.3, 0.4) is 0 Å². The predicted octanol–water partition coefficient (Wildman–Crippen LogP) is 3.52. The van der Waals surface area contributed by atoms with Crippen LogP contribution in [0.25, 0.3) is 5.57 Å². The molecule has 0 spiro atoms. The molecule has 2 aromatic rings. The first kappa shape index (κ1) is 22.4. The smallest absolute Gasteiger partial charge is 0.408 e. The molecule has 0 bridgehead atoms. The Morgan fingerprint density at radius 2 is 1.85 bits per heavy atom. The molecule has 1 aliphatic carbocycles. The van der Waals surface area contributed by atoms with E-state index in [4.69, 9.17) is 9.84 Å². The van der Waals surface area contributed by atoms with Crippen LogP contribution >= 0.6 is 0 Å². The summed E-state index contributed by atoms with van der Waals surface area (Å²) in [7, 11) is 0. The Morgan fingerprint density at radius 3 is 2.52 bits per heavy atom. The zero-order chi connectivity index (χ0) is 23.5. The van der Waals surface area contributed by atoms with Crippen molar-refractivity contribution >= 4 is 23.5 Å². The average molecular weight is 456 g/mol. The zero-order valence-corrected chi connectivity index (χ0v) is 17.5. The summed E-state index contributed by atoms with van der Waals surface area (Å²) in [4.78, 5) is 37.7. The standard InChI is InChI=1S/C24H22F2N2O5/c25-17-8-9-19(26)18(11-17)16-10-20(14-4-2-1-3-5-14)28(13-16)23(31)22(15-6-7-15)33-24(32)27-12-21(29)30/h1-5,8-11,15,20,22H,6-7,12-13H2,(H,27,32)(H,29,30)/t20-,22-/m0/s1. The molecule has 2 atom stereocenters. The first-order valence-corrected chi connectivity index (χ1v) is 10.5. The van der Waals surface area contributed by atoms with Crippen LogP contribution in [-0.2, 0) is 14.3 Å². The van der Waals surface area contributed by atoms with Crippen molar-refractivity contribution < 1.29 is 33.0 Å². The van der Waals surface area contributed by atoms with Crippen molar-refractivity contribution in [2.45, 2.75) is 25.0 Å². The number of aliphatic carboxylic acids is 1. The van der Waals surface area contributed by atoms with Crippen LogP contribution in [0.4, 0.5) is 13.6 Å². The SMILES string of the molecule is O=C(O)CNC(=O)O[C@H](C(=O)N1CC(c2cc(F)ccc2F)=C[C@H]1c1ccccc1)C1CC1. The molecule has 1 aliphatic heterocycles. The van der Waals surface area contributed by atoms with E-state index in [1.165, 1.54) is 4.90 Å². The van der Waals surface area contributed by atoms with Gasteiger partial charge in [-0.1, -0.05) is 36.4 Å². The summed E-state index contributed by atoms with van der Waals surface area (Å²) >= 11 is 0. The molecule has 172 valence electrons. The van der Waals surface area contributed by atoms with Gasteiger partial charge < -0.3 is 20.1 Å². The summed E-state index contributed by atoms with van der Waals surface area (Å²) in [5.41, 5.74) is 1.27. The topological polar surface area (TPSA) is 95.9 Å². The van der Waals surface area contributed by atoms with Gasteiger partial charge >= 0.3 is 12.1 Å². The molecular weight excluding hydrogens is 434 g/mol. The van der Waals surface area contributed by atoms with Crippen molar-refractivity contribution in [2.24, 2.45) is 5.92 Å². The van der Waals surface area contributed by atoms with Crippen molar-refractivity contribution in [3.63, 3.8) is 0 Å². The van der Waals surface area contributed by atoms with Crippen LogP contribution in [0.15, 0.2) is 54.6 Å². The summed E-state index contributed by atoms with van der Waals surface area (Å²) < 4.78 is 33.6. The molecular formula is C24H22F2N2O5. The molecule has 9 heteroatoms. The fraction of sp³-hybridized carbons (Fsp3) is 0.292. The lowest BCUT2D eigenvalue weighted by Crippen LogP contribution is -2.44. The first-order valence-electron chi connectivity index (χ1n) is 10.5. The third-order valence-electron chi connectivity index (χ3n) is 5.65. The van der Waals surface area contributed by atoms with E-state index >= 15 is 0 Å². The minimum Gasteiger partial charge on any atom is -0.480 e. The minimum absolute atomic E-state index is 0.00208. The predicted molar refractivity (Wildman–Crippen MR) is 114 cm³/mol. The molecule has 1 heterocycles. The van der Waals surface area contributed by atoms with E-state index in [0.717, 1.165) is 23.8 Å². The quantitative estimate of drug-likeness (QED) is 0.665. The maximum Gasteiger partial charge on any atom is 0.408 e. The van der Waals surface area contributed by atoms with E-state index < -0.39 is 48.3 Å². The van der Waals surface area contributed by atoms with E-state index in [1.54, 1.807) is 18.2 Å². The number of carboxylic acid groups (broad SMARTS) is 1. The maximum atomic E-state index is 14.5. The Balaban J connectivity index is 1.61. The van der Waals surface area contributed by atoms with Crippen LogP contribution in [-0.4, -0.2) is 47.2 Å². The van der Waals surface area contributed by atoms with E-state index in [9.17, 15) is 23.2 Å². The fourth-order valence-corrected chi connectivity index (χ4v) is 3.89. The Hall–Kier alpha value is -3.75. The Bertz CT molecular complexity index is 1100. The lowest BCUT2D eigenvalue weighted by atomic mass is 10.0. The van der Waals surface area contributed by atoms with Gasteiger partial charge in [-0.2, -0.15) is 0 Å². The van der Waals surface area contributed by atoms with Crippen LogP contribution in [0.1, 0.15) is 30.0 Å². The number of carbonyl (C=O) groups is 3. The lowest BCUT2D eigenvalue weighted by molar-refractivity contribution is -0.142. The van der Waals surface area contributed by atoms with Crippen molar-refractivity contribution in [3.8, 4) is 0 Å². The monoisotopic (exact) mass is 456 g/mol. The molecule has 0 saturated heterocycles. The molecule has 2 amide bonds. The molecule has 1 fully saturated rings. The van der Waals surface area contributed by atoms with Gasteiger partial charge in [0.2, 0.25) is 0 Å². The normalized spacial score (nSPS) is 18.4.